The Morgan fingerprint density at radius 1 is 1.17 bits per heavy atom. The Morgan fingerprint density at radius 2 is 1.87 bits per heavy atom. The van der Waals surface area contributed by atoms with Crippen LogP contribution in [-0.4, -0.2) is 37.5 Å². The predicted octanol–water partition coefficient (Wildman–Crippen LogP) is 2.55. The fraction of sp³-hybridized carbons (Fsp3) is 0.111. The van der Waals surface area contributed by atoms with Gasteiger partial charge < -0.3 is 15.0 Å². The van der Waals surface area contributed by atoms with Gasteiger partial charge in [0.2, 0.25) is 16.0 Å². The molecule has 0 saturated carbocycles. The summed E-state index contributed by atoms with van der Waals surface area (Å²) in [6.45, 7) is 0. The van der Waals surface area contributed by atoms with E-state index in [1.165, 1.54) is 43.6 Å². The molecular weight excluding hydrogens is 412 g/mol. The molecule has 11 nitrogen and oxygen atoms in total. The fourth-order valence-electron chi connectivity index (χ4n) is 2.61. The number of aromatic nitrogens is 2. The Balaban J connectivity index is 1.89. The molecule has 0 aliphatic rings. The third-order valence-electron chi connectivity index (χ3n) is 4.18. The molecule has 0 amide bonds. The molecule has 0 radical (unpaired) electrons. The number of nitro groups is 1. The third-order valence-corrected chi connectivity index (χ3v) is 5.09. The molecule has 2 aromatic carbocycles. The van der Waals surface area contributed by atoms with Gasteiger partial charge in [0, 0.05) is 31.1 Å². The SMILES string of the molecule is COc1ccc(S(N)(=O)=O)cc1Nc1nccc(N(C)c2ccc([N+](=O)[O-])cc2)n1. The van der Waals surface area contributed by atoms with Gasteiger partial charge in [0.15, 0.2) is 0 Å². The van der Waals surface area contributed by atoms with Crippen LogP contribution in [0.2, 0.25) is 0 Å². The zero-order chi connectivity index (χ0) is 21.9. The molecule has 3 aromatic rings. The summed E-state index contributed by atoms with van der Waals surface area (Å²) in [5.74, 6) is 1.06. The Labute approximate surface area is 172 Å². The monoisotopic (exact) mass is 430 g/mol. The number of nitrogens with two attached hydrogens (primary N) is 1. The van der Waals surface area contributed by atoms with Gasteiger partial charge in [0.25, 0.3) is 5.69 Å². The number of primary sulfonamides is 1. The Morgan fingerprint density at radius 3 is 2.47 bits per heavy atom. The molecule has 3 rings (SSSR count). The Kier molecular flexibility index (Phi) is 5.80. The number of non-ortho nitro benzene ring substituents is 1. The van der Waals surface area contributed by atoms with Gasteiger partial charge in [-0.1, -0.05) is 0 Å². The summed E-state index contributed by atoms with van der Waals surface area (Å²) in [6.07, 6.45) is 1.52. The zero-order valence-corrected chi connectivity index (χ0v) is 16.8. The highest BCUT2D eigenvalue weighted by molar-refractivity contribution is 7.89. The molecule has 0 saturated heterocycles. The van der Waals surface area contributed by atoms with E-state index in [0.717, 1.165) is 0 Å². The van der Waals surface area contributed by atoms with Crippen LogP contribution in [-0.2, 0) is 10.0 Å². The van der Waals surface area contributed by atoms with Crippen LogP contribution in [0.5, 0.6) is 5.75 Å². The van der Waals surface area contributed by atoms with Crippen molar-refractivity contribution in [2.45, 2.75) is 4.90 Å². The summed E-state index contributed by atoms with van der Waals surface area (Å²) in [4.78, 5) is 20.5. The maximum atomic E-state index is 11.6. The summed E-state index contributed by atoms with van der Waals surface area (Å²) in [5, 5.41) is 18.9. The van der Waals surface area contributed by atoms with Crippen molar-refractivity contribution in [1.82, 2.24) is 9.97 Å². The number of sulfonamides is 1. The first-order valence-electron chi connectivity index (χ1n) is 8.48. The highest BCUT2D eigenvalue weighted by Gasteiger charge is 2.14. The van der Waals surface area contributed by atoms with Crippen molar-refractivity contribution < 1.29 is 18.1 Å². The molecule has 30 heavy (non-hydrogen) atoms. The standard InChI is InChI=1S/C18H18N6O5S/c1-23(12-3-5-13(6-4-12)24(25)26)17-9-10-20-18(22-17)21-15-11-14(30(19,27)28)7-8-16(15)29-2/h3-11H,1-2H3,(H2,19,27,28)(H,20,21,22). The van der Waals surface area contributed by atoms with E-state index in [1.54, 1.807) is 30.1 Å². The summed E-state index contributed by atoms with van der Waals surface area (Å²) >= 11 is 0. The smallest absolute Gasteiger partial charge is 0.269 e. The minimum absolute atomic E-state index is 0.0148. The minimum Gasteiger partial charge on any atom is -0.495 e. The lowest BCUT2D eigenvalue weighted by Crippen LogP contribution is -2.13. The van der Waals surface area contributed by atoms with Crippen molar-refractivity contribution in [3.8, 4) is 5.75 Å². The predicted molar refractivity (Wildman–Crippen MR) is 111 cm³/mol. The number of methoxy groups -OCH3 is 1. The van der Waals surface area contributed by atoms with Crippen molar-refractivity contribution in [2.75, 3.05) is 24.4 Å². The molecule has 3 N–H and O–H groups in total. The first-order chi connectivity index (χ1) is 14.2. The molecule has 0 unspecified atom stereocenters. The topological polar surface area (TPSA) is 154 Å². The van der Waals surface area contributed by atoms with E-state index in [9.17, 15) is 18.5 Å². The first-order valence-corrected chi connectivity index (χ1v) is 10.0. The fourth-order valence-corrected chi connectivity index (χ4v) is 3.15. The van der Waals surface area contributed by atoms with E-state index >= 15 is 0 Å². The lowest BCUT2D eigenvalue weighted by atomic mass is 10.2. The highest BCUT2D eigenvalue weighted by atomic mass is 32.2. The van der Waals surface area contributed by atoms with Crippen LogP contribution in [0.25, 0.3) is 0 Å². The number of anilines is 4. The number of benzene rings is 2. The largest absolute Gasteiger partial charge is 0.495 e. The maximum Gasteiger partial charge on any atom is 0.269 e. The molecule has 0 bridgehead atoms. The van der Waals surface area contributed by atoms with Crippen LogP contribution in [0.4, 0.5) is 28.8 Å². The van der Waals surface area contributed by atoms with Crippen molar-refractivity contribution in [3.05, 3.63) is 64.8 Å². The first kappa shape index (κ1) is 21.0. The zero-order valence-electron chi connectivity index (χ0n) is 16.0. The van der Waals surface area contributed by atoms with Gasteiger partial charge in [-0.05, 0) is 36.4 Å². The van der Waals surface area contributed by atoms with Gasteiger partial charge in [-0.15, -0.1) is 0 Å². The number of nitrogens with one attached hydrogen (secondary N) is 1. The summed E-state index contributed by atoms with van der Waals surface area (Å²) in [5.41, 5.74) is 0.984. The molecule has 0 spiro atoms. The van der Waals surface area contributed by atoms with E-state index in [2.05, 4.69) is 15.3 Å². The molecule has 0 aliphatic heterocycles. The van der Waals surface area contributed by atoms with E-state index in [4.69, 9.17) is 9.88 Å². The van der Waals surface area contributed by atoms with Gasteiger partial charge in [0.1, 0.15) is 11.6 Å². The third kappa shape index (κ3) is 4.61. The van der Waals surface area contributed by atoms with Crippen molar-refractivity contribution in [1.29, 1.82) is 0 Å². The quantitative estimate of drug-likeness (QED) is 0.425. The number of ether oxygens (including phenoxy) is 1. The van der Waals surface area contributed by atoms with Gasteiger partial charge in [0.05, 0.1) is 22.6 Å². The molecule has 12 heteroatoms. The lowest BCUT2D eigenvalue weighted by molar-refractivity contribution is -0.384. The van der Waals surface area contributed by atoms with Gasteiger partial charge in [-0.25, -0.2) is 18.5 Å². The van der Waals surface area contributed by atoms with Gasteiger partial charge >= 0.3 is 0 Å². The van der Waals surface area contributed by atoms with Crippen LogP contribution in [0.1, 0.15) is 0 Å². The van der Waals surface area contributed by atoms with Crippen molar-refractivity contribution >= 4 is 38.9 Å². The van der Waals surface area contributed by atoms with Crippen LogP contribution in [0.3, 0.4) is 0 Å². The van der Waals surface area contributed by atoms with E-state index in [-0.39, 0.29) is 16.5 Å². The second-order valence-electron chi connectivity index (χ2n) is 6.10. The average molecular weight is 430 g/mol. The molecule has 0 aliphatic carbocycles. The molecule has 1 aromatic heterocycles. The summed E-state index contributed by atoms with van der Waals surface area (Å²) in [7, 11) is -0.716. The van der Waals surface area contributed by atoms with Crippen LogP contribution < -0.4 is 20.1 Å². The van der Waals surface area contributed by atoms with E-state index < -0.39 is 14.9 Å². The lowest BCUT2D eigenvalue weighted by Gasteiger charge is -2.19. The number of hydrogen-bond acceptors (Lipinski definition) is 9. The summed E-state index contributed by atoms with van der Waals surface area (Å²) in [6, 6.07) is 11.8. The average Bonchev–Trinajstić information content (AvgIpc) is 2.72. The van der Waals surface area contributed by atoms with E-state index in [0.29, 0.717) is 22.9 Å². The highest BCUT2D eigenvalue weighted by Crippen LogP contribution is 2.30. The minimum atomic E-state index is -3.90. The molecule has 1 heterocycles. The number of nitro benzene ring substituents is 1. The number of rotatable bonds is 7. The van der Waals surface area contributed by atoms with Crippen LogP contribution in [0.15, 0.2) is 59.6 Å². The summed E-state index contributed by atoms with van der Waals surface area (Å²) < 4.78 is 28.5. The number of hydrogen-bond donors (Lipinski definition) is 2. The molecule has 0 atom stereocenters. The van der Waals surface area contributed by atoms with Crippen molar-refractivity contribution in [2.24, 2.45) is 5.14 Å². The normalized spacial score (nSPS) is 11.0. The van der Waals surface area contributed by atoms with Crippen molar-refractivity contribution in [3.63, 3.8) is 0 Å². The number of nitrogens with zero attached hydrogens (tertiary/aromatic N) is 4. The Bertz CT molecular complexity index is 1180. The Hall–Kier alpha value is -3.77. The maximum absolute atomic E-state index is 11.6. The van der Waals surface area contributed by atoms with Crippen LogP contribution in [0, 0.1) is 10.1 Å². The molecular formula is C18H18N6O5S. The molecule has 156 valence electrons. The second-order valence-corrected chi connectivity index (χ2v) is 7.66. The molecule has 0 fully saturated rings. The van der Waals surface area contributed by atoms with E-state index in [1.807, 2.05) is 0 Å². The van der Waals surface area contributed by atoms with Gasteiger partial charge in [-0.2, -0.15) is 4.98 Å². The van der Waals surface area contributed by atoms with Crippen LogP contribution >= 0.6 is 0 Å². The van der Waals surface area contributed by atoms with Gasteiger partial charge in [-0.3, -0.25) is 10.1 Å². The second kappa shape index (κ2) is 8.31.